The maximum atomic E-state index is 13.4. The quantitative estimate of drug-likeness (QED) is 0.300. The van der Waals surface area contributed by atoms with Gasteiger partial charge in [-0.05, 0) is 54.4 Å². The normalized spacial score (nSPS) is 11.6. The number of hydrogen-bond acceptors (Lipinski definition) is 7. The molecule has 5 aromatic rings. The van der Waals surface area contributed by atoms with Gasteiger partial charge in [-0.3, -0.25) is 9.36 Å². The fraction of sp³-hybridized carbons (Fsp3) is 0.115. The zero-order chi connectivity index (χ0) is 26.2. The highest BCUT2D eigenvalue weighted by Crippen LogP contribution is 2.31. The summed E-state index contributed by atoms with van der Waals surface area (Å²) in [6.45, 7) is 0.360. The predicted molar refractivity (Wildman–Crippen MR) is 141 cm³/mol. The SMILES string of the molecule is COc1ccc(CCNC(=O)c2c(N)n(-c3cccc(S(N)(=O)=O)c3)c3nc4ccccc4nc23)cc1. The summed E-state index contributed by atoms with van der Waals surface area (Å²) in [7, 11) is -2.36. The van der Waals surface area contributed by atoms with Crippen LogP contribution in [0, 0.1) is 0 Å². The van der Waals surface area contributed by atoms with E-state index in [1.165, 1.54) is 16.7 Å². The number of sulfonamides is 1. The second kappa shape index (κ2) is 9.52. The third-order valence-corrected chi connectivity index (χ3v) is 6.90. The number of nitrogens with one attached hydrogen (secondary N) is 1. The predicted octanol–water partition coefficient (Wildman–Crippen LogP) is 2.78. The van der Waals surface area contributed by atoms with Crippen molar-refractivity contribution in [3.8, 4) is 11.4 Å². The molecule has 2 aromatic heterocycles. The van der Waals surface area contributed by atoms with Crippen molar-refractivity contribution in [2.75, 3.05) is 19.4 Å². The molecule has 0 aliphatic heterocycles. The topological polar surface area (TPSA) is 155 Å². The molecule has 0 aliphatic carbocycles. The van der Waals surface area contributed by atoms with Crippen LogP contribution < -0.4 is 20.9 Å². The lowest BCUT2D eigenvalue weighted by atomic mass is 10.1. The number of benzene rings is 3. The zero-order valence-corrected chi connectivity index (χ0v) is 20.7. The van der Waals surface area contributed by atoms with Gasteiger partial charge < -0.3 is 15.8 Å². The van der Waals surface area contributed by atoms with E-state index < -0.39 is 15.9 Å². The molecule has 11 heteroatoms. The Labute approximate surface area is 212 Å². The number of amides is 1. The number of carbonyl (C=O) groups excluding carboxylic acids is 1. The zero-order valence-electron chi connectivity index (χ0n) is 19.9. The van der Waals surface area contributed by atoms with Crippen LogP contribution in [-0.2, 0) is 16.4 Å². The standard InChI is InChI=1S/C26H24N6O4S/c1-36-18-11-9-16(10-12-18)13-14-29-26(33)22-23-25(31-21-8-3-2-7-20(21)30-23)32(24(22)27)17-5-4-6-19(15-17)37(28,34)35/h2-12,15H,13-14,27H2,1H3,(H,29,33)(H2,28,34,35). The number of para-hydroxylation sites is 2. The van der Waals surface area contributed by atoms with Crippen molar-refractivity contribution in [3.05, 3.63) is 83.9 Å². The summed E-state index contributed by atoms with van der Waals surface area (Å²) in [5.74, 6) is 0.423. The van der Waals surface area contributed by atoms with E-state index in [0.717, 1.165) is 11.3 Å². The number of nitrogen functional groups attached to an aromatic ring is 1. The Bertz CT molecular complexity index is 1750. The summed E-state index contributed by atoms with van der Waals surface area (Å²) in [6.07, 6.45) is 0.597. The first-order valence-corrected chi connectivity index (χ1v) is 12.9. The van der Waals surface area contributed by atoms with E-state index in [2.05, 4.69) is 10.3 Å². The van der Waals surface area contributed by atoms with Gasteiger partial charge in [0, 0.05) is 6.54 Å². The van der Waals surface area contributed by atoms with Crippen molar-refractivity contribution in [2.24, 2.45) is 5.14 Å². The fourth-order valence-electron chi connectivity index (χ4n) is 4.15. The van der Waals surface area contributed by atoms with E-state index >= 15 is 0 Å². The number of ether oxygens (including phenoxy) is 1. The lowest BCUT2D eigenvalue weighted by Crippen LogP contribution is -2.26. The van der Waals surface area contributed by atoms with Gasteiger partial charge in [-0.25, -0.2) is 23.5 Å². The molecule has 188 valence electrons. The van der Waals surface area contributed by atoms with Crippen LogP contribution >= 0.6 is 0 Å². The smallest absolute Gasteiger partial charge is 0.257 e. The molecule has 0 saturated heterocycles. The van der Waals surface area contributed by atoms with Crippen LogP contribution in [0.15, 0.2) is 77.7 Å². The first kappa shape index (κ1) is 24.2. The molecule has 5 rings (SSSR count). The van der Waals surface area contributed by atoms with Crippen molar-refractivity contribution in [3.63, 3.8) is 0 Å². The molecule has 0 bridgehead atoms. The van der Waals surface area contributed by atoms with Crippen LogP contribution in [-0.4, -0.2) is 42.5 Å². The Morgan fingerprint density at radius 2 is 1.70 bits per heavy atom. The summed E-state index contributed by atoms with van der Waals surface area (Å²) >= 11 is 0. The minimum Gasteiger partial charge on any atom is -0.497 e. The molecule has 5 N–H and O–H groups in total. The number of fused-ring (bicyclic) bond motifs is 2. The van der Waals surface area contributed by atoms with Gasteiger partial charge in [0.15, 0.2) is 5.65 Å². The minimum atomic E-state index is -3.96. The molecule has 0 fully saturated rings. The molecule has 1 amide bonds. The summed E-state index contributed by atoms with van der Waals surface area (Å²) in [6, 6.07) is 20.8. The van der Waals surface area contributed by atoms with Gasteiger partial charge in [-0.2, -0.15) is 0 Å². The molecule has 0 radical (unpaired) electrons. The molecule has 2 heterocycles. The molecule has 0 saturated carbocycles. The van der Waals surface area contributed by atoms with Gasteiger partial charge in [0.25, 0.3) is 5.91 Å². The number of anilines is 1. The summed E-state index contributed by atoms with van der Waals surface area (Å²) in [5.41, 5.74) is 9.91. The number of carbonyl (C=O) groups is 1. The molecular weight excluding hydrogens is 492 g/mol. The molecule has 3 aromatic carbocycles. The summed E-state index contributed by atoms with van der Waals surface area (Å²) < 4.78 is 30.6. The Morgan fingerprint density at radius 3 is 2.38 bits per heavy atom. The van der Waals surface area contributed by atoms with Crippen molar-refractivity contribution in [1.82, 2.24) is 19.9 Å². The molecule has 37 heavy (non-hydrogen) atoms. The Hall–Kier alpha value is -4.48. The van der Waals surface area contributed by atoms with E-state index in [1.807, 2.05) is 36.4 Å². The Kier molecular flexibility index (Phi) is 6.24. The van der Waals surface area contributed by atoms with Crippen molar-refractivity contribution < 1.29 is 17.9 Å². The largest absolute Gasteiger partial charge is 0.497 e. The van der Waals surface area contributed by atoms with E-state index in [1.54, 1.807) is 31.4 Å². The average Bonchev–Trinajstić information content (AvgIpc) is 3.17. The third-order valence-electron chi connectivity index (χ3n) is 5.99. The Balaban J connectivity index is 1.57. The fourth-order valence-corrected chi connectivity index (χ4v) is 4.70. The van der Waals surface area contributed by atoms with E-state index in [-0.39, 0.29) is 16.3 Å². The summed E-state index contributed by atoms with van der Waals surface area (Å²) in [5, 5.41) is 8.24. The van der Waals surface area contributed by atoms with Crippen LogP contribution in [0.1, 0.15) is 15.9 Å². The number of nitrogens with two attached hydrogens (primary N) is 2. The highest BCUT2D eigenvalue weighted by atomic mass is 32.2. The van der Waals surface area contributed by atoms with Crippen LogP contribution in [0.2, 0.25) is 0 Å². The van der Waals surface area contributed by atoms with Gasteiger partial charge in [0.1, 0.15) is 22.6 Å². The summed E-state index contributed by atoms with van der Waals surface area (Å²) in [4.78, 5) is 22.7. The highest BCUT2D eigenvalue weighted by Gasteiger charge is 2.25. The van der Waals surface area contributed by atoms with E-state index in [4.69, 9.17) is 20.6 Å². The third kappa shape index (κ3) is 4.69. The van der Waals surface area contributed by atoms with Crippen molar-refractivity contribution in [2.45, 2.75) is 11.3 Å². The van der Waals surface area contributed by atoms with Crippen molar-refractivity contribution >= 4 is 43.9 Å². The maximum absolute atomic E-state index is 13.4. The van der Waals surface area contributed by atoms with Crippen LogP contribution in [0.25, 0.3) is 27.9 Å². The lowest BCUT2D eigenvalue weighted by Gasteiger charge is -2.10. The molecule has 0 aliphatic rings. The second-order valence-corrected chi connectivity index (χ2v) is 9.94. The number of methoxy groups -OCH3 is 1. The van der Waals surface area contributed by atoms with Gasteiger partial charge in [-0.15, -0.1) is 0 Å². The maximum Gasteiger partial charge on any atom is 0.257 e. The van der Waals surface area contributed by atoms with Gasteiger partial charge in [0.2, 0.25) is 10.0 Å². The lowest BCUT2D eigenvalue weighted by molar-refractivity contribution is 0.0956. The number of primary sulfonamides is 1. The molecule has 10 nitrogen and oxygen atoms in total. The molecule has 0 atom stereocenters. The Morgan fingerprint density at radius 1 is 1.00 bits per heavy atom. The monoisotopic (exact) mass is 516 g/mol. The van der Waals surface area contributed by atoms with Crippen LogP contribution in [0.3, 0.4) is 0 Å². The molecule has 0 spiro atoms. The van der Waals surface area contributed by atoms with Gasteiger partial charge >= 0.3 is 0 Å². The number of hydrogen-bond donors (Lipinski definition) is 3. The first-order valence-electron chi connectivity index (χ1n) is 11.4. The first-order chi connectivity index (χ1) is 17.8. The molecular formula is C26H24N6O4S. The van der Waals surface area contributed by atoms with Crippen LogP contribution in [0.5, 0.6) is 5.75 Å². The van der Waals surface area contributed by atoms with Gasteiger partial charge in [-0.1, -0.05) is 30.3 Å². The van der Waals surface area contributed by atoms with E-state index in [9.17, 15) is 13.2 Å². The number of nitrogens with zero attached hydrogens (tertiary/aromatic N) is 3. The second-order valence-electron chi connectivity index (χ2n) is 8.38. The minimum absolute atomic E-state index is 0.0822. The molecule has 0 unspecified atom stereocenters. The van der Waals surface area contributed by atoms with E-state index in [0.29, 0.717) is 40.9 Å². The highest BCUT2D eigenvalue weighted by molar-refractivity contribution is 7.89. The van der Waals surface area contributed by atoms with Gasteiger partial charge in [0.05, 0.1) is 28.7 Å². The number of aromatic nitrogens is 3. The number of rotatable bonds is 7. The average molecular weight is 517 g/mol. The van der Waals surface area contributed by atoms with Crippen molar-refractivity contribution in [1.29, 1.82) is 0 Å². The van der Waals surface area contributed by atoms with Crippen LogP contribution in [0.4, 0.5) is 5.82 Å².